The molecule has 1 aromatic carbocycles. The van der Waals surface area contributed by atoms with Gasteiger partial charge in [0.2, 0.25) is 0 Å². The third kappa shape index (κ3) is 2.60. The molecule has 0 saturated carbocycles. The summed E-state index contributed by atoms with van der Waals surface area (Å²) in [6.07, 6.45) is 0.886. The molecule has 1 saturated heterocycles. The molecule has 2 aromatic rings. The van der Waals surface area contributed by atoms with Crippen LogP contribution in [0.2, 0.25) is 5.02 Å². The van der Waals surface area contributed by atoms with E-state index >= 15 is 4.39 Å². The molecule has 140 valence electrons. The molecule has 2 atom stereocenters. The van der Waals surface area contributed by atoms with Gasteiger partial charge in [0.25, 0.3) is 0 Å². The van der Waals surface area contributed by atoms with Gasteiger partial charge >= 0.3 is 5.69 Å². The molecule has 0 spiro atoms. The van der Waals surface area contributed by atoms with Crippen molar-refractivity contribution in [3.8, 4) is 0 Å². The molecule has 2 aliphatic rings. The SMILES string of the molecule is Cc1c(Cl)c2c3c(nc(=O)n(I)c3c1F)N1C(C)CN(C)CC1CCN2. The number of nitrogens with zero attached hydrogens (tertiary/aromatic N) is 4. The van der Waals surface area contributed by atoms with Crippen molar-refractivity contribution in [2.75, 3.05) is 36.9 Å². The van der Waals surface area contributed by atoms with Crippen LogP contribution in [0.25, 0.3) is 10.9 Å². The number of anilines is 2. The summed E-state index contributed by atoms with van der Waals surface area (Å²) < 4.78 is 16.4. The number of hydrogen-bond donors (Lipinski definition) is 1. The molecule has 6 nitrogen and oxygen atoms in total. The summed E-state index contributed by atoms with van der Waals surface area (Å²) in [7, 11) is 2.10. The lowest BCUT2D eigenvalue weighted by atomic mass is 10.00. The number of halogens is 3. The fourth-order valence-electron chi connectivity index (χ4n) is 4.24. The predicted octanol–water partition coefficient (Wildman–Crippen LogP) is 3.02. The lowest BCUT2D eigenvalue weighted by molar-refractivity contribution is 0.227. The van der Waals surface area contributed by atoms with E-state index < -0.39 is 11.5 Å². The van der Waals surface area contributed by atoms with E-state index in [0.717, 1.165) is 26.1 Å². The zero-order valence-corrected chi connectivity index (χ0v) is 17.7. The molecule has 0 radical (unpaired) electrons. The maximum absolute atomic E-state index is 15.1. The standard InChI is InChI=1S/C17H20ClFIN5O/c1-8-6-23(3)7-10-4-5-21-14-11-15(13(19)9(2)12(14)18)25(20)17(26)22-16(11)24(8)10/h8,10,21H,4-7H2,1-3H3. The van der Waals surface area contributed by atoms with Crippen molar-refractivity contribution in [3.05, 3.63) is 26.9 Å². The summed E-state index contributed by atoms with van der Waals surface area (Å²) in [6.45, 7) is 6.21. The first-order chi connectivity index (χ1) is 12.3. The fraction of sp³-hybridized carbons (Fsp3) is 0.529. The Morgan fingerprint density at radius 3 is 2.85 bits per heavy atom. The van der Waals surface area contributed by atoms with Crippen molar-refractivity contribution in [3.63, 3.8) is 0 Å². The third-order valence-corrected chi connectivity index (χ3v) is 6.72. The number of fused-ring (bicyclic) bond motifs is 2. The quantitative estimate of drug-likeness (QED) is 0.574. The first kappa shape index (κ1) is 18.2. The Morgan fingerprint density at radius 2 is 2.12 bits per heavy atom. The number of nitrogens with one attached hydrogen (secondary N) is 1. The highest BCUT2D eigenvalue weighted by molar-refractivity contribution is 14.1. The van der Waals surface area contributed by atoms with Crippen LogP contribution in [-0.4, -0.2) is 51.4 Å². The summed E-state index contributed by atoms with van der Waals surface area (Å²) in [5.41, 5.74) is 0.784. The second-order valence-corrected chi connectivity index (χ2v) is 8.54. The summed E-state index contributed by atoms with van der Waals surface area (Å²) in [4.78, 5) is 21.4. The van der Waals surface area contributed by atoms with Crippen LogP contribution in [0.15, 0.2) is 4.79 Å². The molecule has 1 aromatic heterocycles. The molecule has 0 aliphatic carbocycles. The molecule has 0 bridgehead atoms. The van der Waals surface area contributed by atoms with Gasteiger partial charge in [-0.1, -0.05) is 11.6 Å². The van der Waals surface area contributed by atoms with Gasteiger partial charge in [-0.05, 0) is 27.3 Å². The van der Waals surface area contributed by atoms with Crippen LogP contribution >= 0.6 is 34.5 Å². The van der Waals surface area contributed by atoms with Crippen LogP contribution in [0.3, 0.4) is 0 Å². The average molecular weight is 492 g/mol. The highest BCUT2D eigenvalue weighted by atomic mass is 127. The third-order valence-electron chi connectivity index (χ3n) is 5.35. The van der Waals surface area contributed by atoms with Crippen LogP contribution in [0.4, 0.5) is 15.9 Å². The van der Waals surface area contributed by atoms with Crippen molar-refractivity contribution in [2.45, 2.75) is 32.4 Å². The molecule has 3 heterocycles. The largest absolute Gasteiger partial charge is 0.383 e. The lowest BCUT2D eigenvalue weighted by Gasteiger charge is -2.46. The maximum Gasteiger partial charge on any atom is 0.359 e. The summed E-state index contributed by atoms with van der Waals surface area (Å²) in [5.74, 6) is 0.0659. The molecule has 26 heavy (non-hydrogen) atoms. The number of aromatic nitrogens is 2. The Bertz CT molecular complexity index is 965. The first-order valence-electron chi connectivity index (χ1n) is 8.62. The van der Waals surface area contributed by atoms with E-state index in [-0.39, 0.29) is 17.6 Å². The zero-order valence-electron chi connectivity index (χ0n) is 14.8. The molecule has 0 amide bonds. The minimum atomic E-state index is -0.468. The van der Waals surface area contributed by atoms with Crippen molar-refractivity contribution in [1.29, 1.82) is 0 Å². The van der Waals surface area contributed by atoms with Crippen LogP contribution in [0.5, 0.6) is 0 Å². The Hall–Kier alpha value is -1.13. The molecule has 4 rings (SSSR count). The fourth-order valence-corrected chi connectivity index (χ4v) is 5.04. The second-order valence-electron chi connectivity index (χ2n) is 7.20. The number of benzene rings is 1. The Kier molecular flexibility index (Phi) is 4.55. The number of rotatable bonds is 0. The molecule has 2 aliphatic heterocycles. The van der Waals surface area contributed by atoms with E-state index in [1.165, 1.54) is 2.78 Å². The zero-order chi connectivity index (χ0) is 18.7. The maximum atomic E-state index is 15.1. The molecule has 1 N–H and O–H groups in total. The van der Waals surface area contributed by atoms with Crippen molar-refractivity contribution in [1.82, 2.24) is 12.7 Å². The van der Waals surface area contributed by atoms with Gasteiger partial charge in [-0.3, -0.25) is 0 Å². The average Bonchev–Trinajstić information content (AvgIpc) is 2.56. The molecule has 1 fully saturated rings. The smallest absolute Gasteiger partial charge is 0.359 e. The van der Waals surface area contributed by atoms with Gasteiger partial charge in [-0.2, -0.15) is 4.98 Å². The Balaban J connectivity index is 2.12. The Morgan fingerprint density at radius 1 is 1.38 bits per heavy atom. The number of likely N-dealkylation sites (N-methyl/N-ethyl adjacent to an activating group) is 1. The van der Waals surface area contributed by atoms with Gasteiger partial charge in [0.15, 0.2) is 5.82 Å². The lowest BCUT2D eigenvalue weighted by Crippen LogP contribution is -2.58. The van der Waals surface area contributed by atoms with Gasteiger partial charge in [-0.25, -0.2) is 12.0 Å². The van der Waals surface area contributed by atoms with E-state index in [2.05, 4.69) is 34.1 Å². The molecule has 9 heteroatoms. The van der Waals surface area contributed by atoms with Crippen LogP contribution in [-0.2, 0) is 0 Å². The van der Waals surface area contributed by atoms with Gasteiger partial charge in [-0.15, -0.1) is 0 Å². The molecular weight excluding hydrogens is 472 g/mol. The molecule has 2 unspecified atom stereocenters. The van der Waals surface area contributed by atoms with Crippen molar-refractivity contribution in [2.24, 2.45) is 0 Å². The normalized spacial score (nSPS) is 23.4. The van der Waals surface area contributed by atoms with Crippen LogP contribution in [0.1, 0.15) is 18.9 Å². The monoisotopic (exact) mass is 491 g/mol. The Labute approximate surface area is 169 Å². The minimum absolute atomic E-state index is 0.160. The van der Waals surface area contributed by atoms with Crippen LogP contribution < -0.4 is 15.9 Å². The number of hydrogen-bond acceptors (Lipinski definition) is 5. The highest BCUT2D eigenvalue weighted by Gasteiger charge is 2.36. The second kappa shape index (κ2) is 6.49. The van der Waals surface area contributed by atoms with E-state index in [1.54, 1.807) is 6.92 Å². The summed E-state index contributed by atoms with van der Waals surface area (Å²) in [6, 6.07) is 0.362. The van der Waals surface area contributed by atoms with E-state index in [0.29, 0.717) is 27.5 Å². The topological polar surface area (TPSA) is 53.4 Å². The van der Waals surface area contributed by atoms with Crippen molar-refractivity contribution >= 4 is 56.9 Å². The van der Waals surface area contributed by atoms with Gasteiger partial charge in [0.05, 0.1) is 39.0 Å². The minimum Gasteiger partial charge on any atom is -0.383 e. The predicted molar refractivity (Wildman–Crippen MR) is 111 cm³/mol. The van der Waals surface area contributed by atoms with Gasteiger partial charge in [0.1, 0.15) is 11.3 Å². The molecular formula is C17H20ClFIN5O. The van der Waals surface area contributed by atoms with E-state index in [4.69, 9.17) is 11.6 Å². The van der Waals surface area contributed by atoms with Crippen molar-refractivity contribution < 1.29 is 4.39 Å². The van der Waals surface area contributed by atoms with E-state index in [9.17, 15) is 4.79 Å². The van der Waals surface area contributed by atoms with E-state index in [1.807, 2.05) is 22.9 Å². The van der Waals surface area contributed by atoms with Crippen LogP contribution in [0, 0.1) is 12.7 Å². The van der Waals surface area contributed by atoms with Gasteiger partial charge in [0, 0.05) is 37.3 Å². The van der Waals surface area contributed by atoms with Gasteiger partial charge < -0.3 is 15.1 Å². The summed E-state index contributed by atoms with van der Waals surface area (Å²) >= 11 is 8.30. The number of piperazine rings is 1. The summed E-state index contributed by atoms with van der Waals surface area (Å²) in [5, 5.41) is 4.32. The first-order valence-corrected chi connectivity index (χ1v) is 9.96. The highest BCUT2D eigenvalue weighted by Crippen LogP contribution is 2.43.